The van der Waals surface area contributed by atoms with Crippen molar-refractivity contribution in [2.24, 2.45) is 0 Å². The van der Waals surface area contributed by atoms with E-state index in [0.29, 0.717) is 17.5 Å². The van der Waals surface area contributed by atoms with Crippen LogP contribution in [-0.4, -0.2) is 24.9 Å². The molecule has 54 heavy (non-hydrogen) atoms. The normalized spacial score (nSPS) is 14.7. The Balaban J connectivity index is 1.17. The lowest BCUT2D eigenvalue weighted by atomic mass is 9.81. The predicted molar refractivity (Wildman–Crippen MR) is 223 cm³/mol. The standard InChI is InChI=1S/C49H37N5/c1-3-32-30-43(42-20-12-11-19-41(42)40(32)4-2)34-25-23-33(24-26-34)37-27-38(46-31-50-44-21-13-14-22-45(44)51-46)29-39(28-37)49-53-47(35-15-7-5-8-16-35)52-48(54-49)36-17-9-6-10-18-36/h3-11,13-19,21-23,25-31,33H,1-2,12,20,24H2. The molecule has 0 fully saturated rings. The van der Waals surface area contributed by atoms with Crippen LogP contribution in [-0.2, 0) is 6.42 Å². The Hall–Kier alpha value is -6.85. The summed E-state index contributed by atoms with van der Waals surface area (Å²) in [6, 6.07) is 37.0. The predicted octanol–water partition coefficient (Wildman–Crippen LogP) is 11.9. The molecule has 2 aliphatic carbocycles. The first-order valence-electron chi connectivity index (χ1n) is 18.4. The minimum atomic E-state index is 0.131. The third kappa shape index (κ3) is 6.30. The van der Waals surface area contributed by atoms with Gasteiger partial charge < -0.3 is 0 Å². The Morgan fingerprint density at radius 2 is 1.30 bits per heavy atom. The first kappa shape index (κ1) is 33.0. The Morgan fingerprint density at radius 3 is 1.96 bits per heavy atom. The number of aromatic nitrogens is 5. The molecule has 0 radical (unpaired) electrons. The maximum Gasteiger partial charge on any atom is 0.164 e. The Labute approximate surface area is 315 Å². The van der Waals surface area contributed by atoms with E-state index in [1.807, 2.05) is 103 Å². The van der Waals surface area contributed by atoms with Crippen LogP contribution < -0.4 is 0 Å². The molecule has 0 spiro atoms. The van der Waals surface area contributed by atoms with Crippen molar-refractivity contribution in [1.29, 1.82) is 0 Å². The molecule has 0 aliphatic heterocycles. The molecule has 7 aromatic rings. The zero-order valence-electron chi connectivity index (χ0n) is 29.9. The Morgan fingerprint density at radius 1 is 0.630 bits per heavy atom. The van der Waals surface area contributed by atoms with Gasteiger partial charge in [0.25, 0.3) is 0 Å². The third-order valence-electron chi connectivity index (χ3n) is 10.3. The molecule has 0 bridgehead atoms. The van der Waals surface area contributed by atoms with Crippen LogP contribution >= 0.6 is 0 Å². The van der Waals surface area contributed by atoms with Gasteiger partial charge in [0.05, 0.1) is 22.9 Å². The SMILES string of the molecule is C=Cc1cc(C2=CCC(c3cc(-c4cnc5ccccc5n4)cc(-c4nc(-c5ccccc5)nc(-c5ccccc5)n4)c3)C=C2)c2c(c1C=C)C=CCC2. The highest BCUT2D eigenvalue weighted by Gasteiger charge is 2.22. The summed E-state index contributed by atoms with van der Waals surface area (Å²) in [5.41, 5.74) is 14.8. The fraction of sp³-hybridized carbons (Fsp3) is 0.0816. The monoisotopic (exact) mass is 695 g/mol. The first-order chi connectivity index (χ1) is 26.6. The largest absolute Gasteiger partial charge is 0.252 e. The highest BCUT2D eigenvalue weighted by Crippen LogP contribution is 2.39. The van der Waals surface area contributed by atoms with E-state index in [2.05, 4.69) is 67.8 Å². The molecule has 2 aromatic heterocycles. The maximum atomic E-state index is 5.08. The van der Waals surface area contributed by atoms with E-state index in [1.165, 1.54) is 22.3 Å². The molecule has 5 aromatic carbocycles. The number of fused-ring (bicyclic) bond motifs is 2. The van der Waals surface area contributed by atoms with Crippen molar-refractivity contribution in [2.45, 2.75) is 25.2 Å². The van der Waals surface area contributed by atoms with E-state index in [-0.39, 0.29) is 5.92 Å². The summed E-state index contributed by atoms with van der Waals surface area (Å²) in [5.74, 6) is 1.99. The molecule has 5 heteroatoms. The highest BCUT2D eigenvalue weighted by molar-refractivity contribution is 5.86. The van der Waals surface area contributed by atoms with Gasteiger partial charge in [0.1, 0.15) is 0 Å². The van der Waals surface area contributed by atoms with Gasteiger partial charge in [-0.15, -0.1) is 0 Å². The van der Waals surface area contributed by atoms with Crippen molar-refractivity contribution in [2.75, 3.05) is 0 Å². The second-order valence-corrected chi connectivity index (χ2v) is 13.7. The molecule has 5 nitrogen and oxygen atoms in total. The van der Waals surface area contributed by atoms with E-state index in [1.54, 1.807) is 0 Å². The van der Waals surface area contributed by atoms with Crippen molar-refractivity contribution in [1.82, 2.24) is 24.9 Å². The van der Waals surface area contributed by atoms with Crippen molar-refractivity contribution in [3.8, 4) is 45.4 Å². The minimum Gasteiger partial charge on any atom is -0.252 e. The van der Waals surface area contributed by atoms with Gasteiger partial charge >= 0.3 is 0 Å². The summed E-state index contributed by atoms with van der Waals surface area (Å²) in [4.78, 5) is 24.9. The van der Waals surface area contributed by atoms with Gasteiger partial charge in [-0.3, -0.25) is 4.98 Å². The molecule has 1 unspecified atom stereocenters. The van der Waals surface area contributed by atoms with Crippen LogP contribution in [0.1, 0.15) is 52.1 Å². The van der Waals surface area contributed by atoms with Gasteiger partial charge in [-0.1, -0.05) is 128 Å². The van der Waals surface area contributed by atoms with Gasteiger partial charge in [-0.05, 0) is 94.6 Å². The highest BCUT2D eigenvalue weighted by atomic mass is 15.0. The summed E-state index contributed by atoms with van der Waals surface area (Å²) < 4.78 is 0. The molecule has 9 rings (SSSR count). The fourth-order valence-electron chi connectivity index (χ4n) is 7.57. The number of benzene rings is 5. The molecule has 2 heterocycles. The van der Waals surface area contributed by atoms with Gasteiger partial charge in [-0.2, -0.15) is 0 Å². The smallest absolute Gasteiger partial charge is 0.164 e. The van der Waals surface area contributed by atoms with Crippen molar-refractivity contribution < 1.29 is 0 Å². The summed E-state index contributed by atoms with van der Waals surface area (Å²) in [6.45, 7) is 8.24. The number of nitrogens with zero attached hydrogens (tertiary/aromatic N) is 5. The second kappa shape index (κ2) is 14.3. The lowest BCUT2D eigenvalue weighted by molar-refractivity contribution is 0.856. The van der Waals surface area contributed by atoms with E-state index < -0.39 is 0 Å². The number of hydrogen-bond acceptors (Lipinski definition) is 5. The van der Waals surface area contributed by atoms with Crippen LogP contribution in [0.3, 0.4) is 0 Å². The molecule has 1 atom stereocenters. The zero-order chi connectivity index (χ0) is 36.4. The number of allylic oxidation sites excluding steroid dienone is 5. The zero-order valence-corrected chi connectivity index (χ0v) is 29.9. The van der Waals surface area contributed by atoms with E-state index >= 15 is 0 Å². The van der Waals surface area contributed by atoms with Crippen LogP contribution in [0.2, 0.25) is 0 Å². The summed E-state index contributed by atoms with van der Waals surface area (Å²) in [6.07, 6.45) is 20.2. The summed E-state index contributed by atoms with van der Waals surface area (Å²) in [7, 11) is 0. The van der Waals surface area contributed by atoms with Gasteiger partial charge in [-0.25, -0.2) is 19.9 Å². The molecule has 2 aliphatic rings. The number of rotatable bonds is 8. The van der Waals surface area contributed by atoms with E-state index in [4.69, 9.17) is 24.9 Å². The van der Waals surface area contributed by atoms with Crippen LogP contribution in [0.15, 0.2) is 153 Å². The van der Waals surface area contributed by atoms with Gasteiger partial charge in [0.2, 0.25) is 0 Å². The lowest BCUT2D eigenvalue weighted by Crippen LogP contribution is -2.06. The van der Waals surface area contributed by atoms with Crippen LogP contribution in [0.4, 0.5) is 0 Å². The number of hydrogen-bond donors (Lipinski definition) is 0. The molecular weight excluding hydrogens is 659 g/mol. The first-order valence-corrected chi connectivity index (χ1v) is 18.4. The topological polar surface area (TPSA) is 64.5 Å². The molecular formula is C49H37N5. The van der Waals surface area contributed by atoms with E-state index in [0.717, 1.165) is 74.9 Å². The summed E-state index contributed by atoms with van der Waals surface area (Å²) in [5, 5.41) is 0. The quantitative estimate of drug-likeness (QED) is 0.158. The molecule has 258 valence electrons. The van der Waals surface area contributed by atoms with Crippen molar-refractivity contribution >= 4 is 34.8 Å². The maximum absolute atomic E-state index is 5.08. The minimum absolute atomic E-state index is 0.131. The molecule has 0 amide bonds. The number of para-hydroxylation sites is 2. The van der Waals surface area contributed by atoms with Gasteiger partial charge in [0.15, 0.2) is 17.5 Å². The Kier molecular flexibility index (Phi) is 8.73. The lowest BCUT2D eigenvalue weighted by Gasteiger charge is -2.24. The van der Waals surface area contributed by atoms with Gasteiger partial charge in [0, 0.05) is 28.2 Å². The van der Waals surface area contributed by atoms with E-state index in [9.17, 15) is 0 Å². The molecule has 0 N–H and O–H groups in total. The van der Waals surface area contributed by atoms with Crippen LogP contribution in [0.5, 0.6) is 0 Å². The third-order valence-corrected chi connectivity index (χ3v) is 10.3. The van der Waals surface area contributed by atoms with Crippen molar-refractivity contribution in [3.05, 3.63) is 186 Å². The Bertz CT molecular complexity index is 2610. The van der Waals surface area contributed by atoms with Crippen LogP contribution in [0, 0.1) is 0 Å². The second-order valence-electron chi connectivity index (χ2n) is 13.7. The average molecular weight is 696 g/mol. The van der Waals surface area contributed by atoms with Crippen LogP contribution in [0.25, 0.3) is 80.3 Å². The fourth-order valence-corrected chi connectivity index (χ4v) is 7.57. The average Bonchev–Trinajstić information content (AvgIpc) is 3.26. The molecule has 0 saturated heterocycles. The molecule has 0 saturated carbocycles. The summed E-state index contributed by atoms with van der Waals surface area (Å²) >= 11 is 0. The van der Waals surface area contributed by atoms with Crippen molar-refractivity contribution in [3.63, 3.8) is 0 Å².